The highest BCUT2D eigenvalue weighted by Gasteiger charge is 2.22. The molecule has 124 valence electrons. The molecule has 1 aromatic carbocycles. The monoisotopic (exact) mass is 352 g/mol. The summed E-state index contributed by atoms with van der Waals surface area (Å²) < 4.78 is 6.95. The van der Waals surface area contributed by atoms with E-state index in [0.29, 0.717) is 27.8 Å². The van der Waals surface area contributed by atoms with E-state index in [4.69, 9.17) is 16.0 Å². The first-order valence-corrected chi connectivity index (χ1v) is 7.99. The first kappa shape index (κ1) is 15.5. The molecule has 0 unspecified atom stereocenters. The summed E-state index contributed by atoms with van der Waals surface area (Å²) in [7, 11) is 0. The minimum atomic E-state index is -0.613. The number of aromatic nitrogens is 2. The van der Waals surface area contributed by atoms with Crippen LogP contribution < -0.4 is 5.63 Å². The smallest absolute Gasteiger partial charge is 0.349 e. The van der Waals surface area contributed by atoms with E-state index in [-0.39, 0.29) is 11.3 Å². The van der Waals surface area contributed by atoms with E-state index in [1.165, 1.54) is 6.07 Å². The third-order valence-corrected chi connectivity index (χ3v) is 4.19. The van der Waals surface area contributed by atoms with Crippen molar-refractivity contribution in [3.63, 3.8) is 0 Å². The highest BCUT2D eigenvalue weighted by atomic mass is 35.5. The number of fused-ring (bicyclic) bond motifs is 1. The lowest BCUT2D eigenvalue weighted by atomic mass is 10.1. The minimum absolute atomic E-state index is 0.0780. The van der Waals surface area contributed by atoms with E-state index in [1.54, 1.807) is 29.7 Å². The second-order valence-electron chi connectivity index (χ2n) is 5.65. The summed E-state index contributed by atoms with van der Waals surface area (Å²) in [6, 6.07) is 14.1. The van der Waals surface area contributed by atoms with Crippen molar-refractivity contribution >= 4 is 17.2 Å². The Labute approximate surface area is 147 Å². The molecule has 0 bridgehead atoms. The molecule has 25 heavy (non-hydrogen) atoms. The van der Waals surface area contributed by atoms with Gasteiger partial charge < -0.3 is 9.52 Å². The van der Waals surface area contributed by atoms with Crippen molar-refractivity contribution < 1.29 is 9.52 Å². The molecular formula is C19H13ClN2O3. The molecule has 0 spiro atoms. The Morgan fingerprint density at radius 2 is 1.92 bits per heavy atom. The Hall–Kier alpha value is -3.05. The second kappa shape index (κ2) is 5.79. The van der Waals surface area contributed by atoms with Crippen LogP contribution in [0, 0.1) is 6.92 Å². The van der Waals surface area contributed by atoms with E-state index in [9.17, 15) is 9.90 Å². The molecule has 0 aliphatic heterocycles. The number of halogens is 1. The Bertz CT molecular complexity index is 1140. The van der Waals surface area contributed by atoms with Gasteiger partial charge in [0.2, 0.25) is 0 Å². The zero-order valence-corrected chi connectivity index (χ0v) is 14.0. The Morgan fingerprint density at radius 3 is 2.64 bits per heavy atom. The molecule has 0 saturated heterocycles. The minimum Gasteiger partial charge on any atom is -0.507 e. The molecule has 6 heteroatoms. The maximum Gasteiger partial charge on any atom is 0.349 e. The SMILES string of the molecule is Cc1cc(O)c(-c2c(-c3ccc(Cl)cc3)nc3ccccn23)c(=O)o1. The van der Waals surface area contributed by atoms with Crippen molar-refractivity contribution in [1.29, 1.82) is 0 Å². The van der Waals surface area contributed by atoms with E-state index >= 15 is 0 Å². The third-order valence-electron chi connectivity index (χ3n) is 3.94. The number of aryl methyl sites for hydroxylation is 1. The largest absolute Gasteiger partial charge is 0.507 e. The van der Waals surface area contributed by atoms with Crippen molar-refractivity contribution in [2.45, 2.75) is 6.92 Å². The number of rotatable bonds is 2. The molecule has 0 fully saturated rings. The predicted octanol–water partition coefficient (Wildman–Crippen LogP) is 4.29. The van der Waals surface area contributed by atoms with Crippen LogP contribution in [0.1, 0.15) is 5.76 Å². The molecule has 0 atom stereocenters. The summed E-state index contributed by atoms with van der Waals surface area (Å²) in [4.78, 5) is 17.1. The third kappa shape index (κ3) is 2.58. The highest BCUT2D eigenvalue weighted by Crippen LogP contribution is 2.35. The average Bonchev–Trinajstić information content (AvgIpc) is 2.94. The molecule has 5 nitrogen and oxygen atoms in total. The van der Waals surface area contributed by atoms with Crippen molar-refractivity contribution in [3.8, 4) is 28.3 Å². The van der Waals surface area contributed by atoms with Crippen LogP contribution in [0.2, 0.25) is 5.02 Å². The van der Waals surface area contributed by atoms with Gasteiger partial charge in [0.1, 0.15) is 22.7 Å². The van der Waals surface area contributed by atoms with Gasteiger partial charge in [0, 0.05) is 22.8 Å². The molecule has 1 N–H and O–H groups in total. The van der Waals surface area contributed by atoms with Gasteiger partial charge in [-0.3, -0.25) is 4.40 Å². The van der Waals surface area contributed by atoms with Gasteiger partial charge in [-0.15, -0.1) is 0 Å². The number of aromatic hydroxyl groups is 1. The zero-order chi connectivity index (χ0) is 17.6. The van der Waals surface area contributed by atoms with Gasteiger partial charge in [-0.05, 0) is 31.2 Å². The molecule has 3 heterocycles. The van der Waals surface area contributed by atoms with E-state index in [2.05, 4.69) is 4.98 Å². The van der Waals surface area contributed by atoms with Gasteiger partial charge >= 0.3 is 5.63 Å². The fourth-order valence-corrected chi connectivity index (χ4v) is 2.98. The normalized spacial score (nSPS) is 11.1. The molecule has 4 aromatic rings. The lowest BCUT2D eigenvalue weighted by Gasteiger charge is -2.07. The van der Waals surface area contributed by atoms with Crippen molar-refractivity contribution in [2.75, 3.05) is 0 Å². The maximum absolute atomic E-state index is 12.5. The molecule has 0 saturated carbocycles. The highest BCUT2D eigenvalue weighted by molar-refractivity contribution is 6.30. The van der Waals surface area contributed by atoms with Crippen molar-refractivity contribution in [3.05, 3.63) is 75.9 Å². The van der Waals surface area contributed by atoms with Crippen LogP contribution in [0.25, 0.3) is 28.2 Å². The van der Waals surface area contributed by atoms with Crippen LogP contribution in [0.5, 0.6) is 5.75 Å². The summed E-state index contributed by atoms with van der Waals surface area (Å²) >= 11 is 5.97. The zero-order valence-electron chi connectivity index (χ0n) is 13.2. The molecule has 0 radical (unpaired) electrons. The van der Waals surface area contributed by atoms with Crippen LogP contribution in [-0.4, -0.2) is 14.5 Å². The maximum atomic E-state index is 12.5. The first-order chi connectivity index (χ1) is 12.0. The fraction of sp³-hybridized carbons (Fsp3) is 0.0526. The predicted molar refractivity (Wildman–Crippen MR) is 96.0 cm³/mol. The molecular weight excluding hydrogens is 340 g/mol. The fourth-order valence-electron chi connectivity index (χ4n) is 2.86. The quantitative estimate of drug-likeness (QED) is 0.584. The van der Waals surface area contributed by atoms with Gasteiger partial charge in [0.15, 0.2) is 0 Å². The first-order valence-electron chi connectivity index (χ1n) is 7.61. The van der Waals surface area contributed by atoms with Gasteiger partial charge in [0.05, 0.1) is 11.4 Å². The summed E-state index contributed by atoms with van der Waals surface area (Å²) in [6.07, 6.45) is 1.79. The van der Waals surface area contributed by atoms with Crippen LogP contribution in [0.3, 0.4) is 0 Å². The molecule has 0 aliphatic rings. The summed E-state index contributed by atoms with van der Waals surface area (Å²) in [5.41, 5.74) is 1.94. The van der Waals surface area contributed by atoms with Gasteiger partial charge in [0.25, 0.3) is 0 Å². The molecule has 4 rings (SSSR count). The number of pyridine rings is 1. The van der Waals surface area contributed by atoms with E-state index in [0.717, 1.165) is 5.56 Å². The van der Waals surface area contributed by atoms with Crippen LogP contribution in [0.15, 0.2) is 63.9 Å². The summed E-state index contributed by atoms with van der Waals surface area (Å²) in [5, 5.41) is 11.0. The van der Waals surface area contributed by atoms with Gasteiger partial charge in [-0.25, -0.2) is 9.78 Å². The number of nitrogens with zero attached hydrogens (tertiary/aromatic N) is 2. The number of hydrogen-bond acceptors (Lipinski definition) is 4. The van der Waals surface area contributed by atoms with Gasteiger partial charge in [-0.2, -0.15) is 0 Å². The van der Waals surface area contributed by atoms with E-state index in [1.807, 2.05) is 30.3 Å². The van der Waals surface area contributed by atoms with Crippen LogP contribution in [0.4, 0.5) is 0 Å². The summed E-state index contributed by atoms with van der Waals surface area (Å²) in [6.45, 7) is 1.61. The lowest BCUT2D eigenvalue weighted by molar-refractivity contribution is 0.438. The molecule has 0 amide bonds. The topological polar surface area (TPSA) is 67.7 Å². The Kier molecular flexibility index (Phi) is 3.58. The molecule has 0 aliphatic carbocycles. The van der Waals surface area contributed by atoms with Crippen molar-refractivity contribution in [2.24, 2.45) is 0 Å². The molecule has 3 aromatic heterocycles. The van der Waals surface area contributed by atoms with Crippen molar-refractivity contribution in [1.82, 2.24) is 9.38 Å². The Morgan fingerprint density at radius 1 is 1.16 bits per heavy atom. The Balaban J connectivity index is 2.11. The number of benzene rings is 1. The number of imidazole rings is 1. The standard InChI is InChI=1S/C19H13ClN2O3/c1-11-10-14(23)16(19(24)25-11)18-17(12-5-7-13(20)8-6-12)21-15-4-2-3-9-22(15)18/h2-10,23H,1H3. The van der Waals surface area contributed by atoms with Crippen LogP contribution in [-0.2, 0) is 0 Å². The van der Waals surface area contributed by atoms with E-state index < -0.39 is 5.63 Å². The van der Waals surface area contributed by atoms with Crippen LogP contribution >= 0.6 is 11.6 Å². The second-order valence-corrected chi connectivity index (χ2v) is 6.09. The number of hydrogen-bond donors (Lipinski definition) is 1. The van der Waals surface area contributed by atoms with Gasteiger partial charge in [-0.1, -0.05) is 29.8 Å². The summed E-state index contributed by atoms with van der Waals surface area (Å²) in [5.74, 6) is 0.197. The lowest BCUT2D eigenvalue weighted by Crippen LogP contribution is -2.06. The average molecular weight is 353 g/mol.